The smallest absolute Gasteiger partial charge is 0.325 e. The van der Waals surface area contributed by atoms with E-state index in [2.05, 4.69) is 10.6 Å². The first-order chi connectivity index (χ1) is 12.4. The lowest BCUT2D eigenvalue weighted by molar-refractivity contribution is -0.128. The van der Waals surface area contributed by atoms with Crippen LogP contribution in [0.5, 0.6) is 0 Å². The Kier molecular flexibility index (Phi) is 5.06. The lowest BCUT2D eigenvalue weighted by atomic mass is 10.1. The number of hydrogen-bond acceptors (Lipinski definition) is 4. The van der Waals surface area contributed by atoms with Crippen LogP contribution < -0.4 is 10.6 Å². The summed E-state index contributed by atoms with van der Waals surface area (Å²) in [6.07, 6.45) is 1.87. The monoisotopic (exact) mass is 355 g/mol. The lowest BCUT2D eigenvalue weighted by Gasteiger charge is -2.11. The summed E-state index contributed by atoms with van der Waals surface area (Å²) in [5, 5.41) is 5.45. The van der Waals surface area contributed by atoms with Gasteiger partial charge in [0.25, 0.3) is 5.91 Å². The summed E-state index contributed by atoms with van der Waals surface area (Å²) in [6.45, 7) is 4.01. The van der Waals surface area contributed by atoms with Crippen LogP contribution in [0.3, 0.4) is 0 Å². The van der Waals surface area contributed by atoms with Crippen LogP contribution >= 0.6 is 0 Å². The van der Waals surface area contributed by atoms with Crippen molar-refractivity contribution in [1.29, 1.82) is 0 Å². The van der Waals surface area contributed by atoms with Gasteiger partial charge in [0.2, 0.25) is 5.91 Å². The van der Waals surface area contributed by atoms with Gasteiger partial charge in [-0.2, -0.15) is 0 Å². The van der Waals surface area contributed by atoms with Crippen molar-refractivity contribution < 1.29 is 18.8 Å². The van der Waals surface area contributed by atoms with Crippen molar-refractivity contribution in [3.63, 3.8) is 0 Å². The number of aryl methyl sites for hydroxylation is 2. The van der Waals surface area contributed by atoms with E-state index in [0.29, 0.717) is 5.76 Å². The number of rotatable bonds is 6. The summed E-state index contributed by atoms with van der Waals surface area (Å²) in [5.74, 6) is -0.00570. The number of imide groups is 1. The molecule has 2 aromatic rings. The number of urea groups is 1. The molecule has 0 bridgehead atoms. The molecule has 7 nitrogen and oxygen atoms in total. The van der Waals surface area contributed by atoms with E-state index in [1.54, 1.807) is 12.1 Å². The second-order valence-electron chi connectivity index (χ2n) is 6.47. The van der Waals surface area contributed by atoms with Crippen molar-refractivity contribution in [2.75, 3.05) is 5.32 Å². The predicted octanol–water partition coefficient (Wildman–Crippen LogP) is 2.74. The van der Waals surface area contributed by atoms with Crippen molar-refractivity contribution in [2.24, 2.45) is 0 Å². The van der Waals surface area contributed by atoms with E-state index in [0.717, 1.165) is 21.7 Å². The predicted molar refractivity (Wildman–Crippen MR) is 95.4 cm³/mol. The van der Waals surface area contributed by atoms with Gasteiger partial charge in [-0.15, -0.1) is 0 Å². The maximum Gasteiger partial charge on any atom is 0.325 e. The molecule has 0 spiro atoms. The molecular weight excluding hydrogens is 334 g/mol. The topological polar surface area (TPSA) is 91.7 Å². The maximum absolute atomic E-state index is 12.4. The highest BCUT2D eigenvalue weighted by Gasteiger charge is 2.38. The molecule has 0 radical (unpaired) electrons. The van der Waals surface area contributed by atoms with Crippen LogP contribution in [0.1, 0.15) is 29.7 Å². The molecule has 2 N–H and O–H groups in total. The average Bonchev–Trinajstić information content (AvgIpc) is 3.16. The first kappa shape index (κ1) is 17.7. The number of anilines is 1. The molecule has 1 unspecified atom stereocenters. The van der Waals surface area contributed by atoms with Gasteiger partial charge in [-0.1, -0.05) is 6.07 Å². The first-order valence-electron chi connectivity index (χ1n) is 8.45. The van der Waals surface area contributed by atoms with Crippen molar-refractivity contribution in [1.82, 2.24) is 10.2 Å². The molecule has 1 atom stereocenters. The Hall–Kier alpha value is -3.09. The Morgan fingerprint density at radius 2 is 1.96 bits per heavy atom. The maximum atomic E-state index is 12.4. The van der Waals surface area contributed by atoms with E-state index < -0.39 is 12.1 Å². The van der Waals surface area contributed by atoms with Gasteiger partial charge in [0.1, 0.15) is 11.8 Å². The minimum atomic E-state index is -0.692. The van der Waals surface area contributed by atoms with Crippen LogP contribution in [-0.2, 0) is 16.1 Å². The van der Waals surface area contributed by atoms with Crippen LogP contribution in [0.25, 0.3) is 0 Å². The summed E-state index contributed by atoms with van der Waals surface area (Å²) >= 11 is 0. The first-order valence-corrected chi connectivity index (χ1v) is 8.45. The standard InChI is InChI=1S/C19H21N3O4/c1-12-8-13(2)10-14(9-12)20-17(23)6-5-16-18(24)22(19(25)21-16)11-15-4-3-7-26-15/h3-4,7-10,16H,5-6,11H2,1-2H3,(H,20,23)(H,21,25). The molecule has 4 amide bonds. The minimum Gasteiger partial charge on any atom is -0.467 e. The van der Waals surface area contributed by atoms with E-state index in [4.69, 9.17) is 4.42 Å². The third-order valence-corrected chi connectivity index (χ3v) is 4.17. The number of amides is 4. The van der Waals surface area contributed by atoms with Gasteiger partial charge in [0, 0.05) is 12.1 Å². The number of furan rings is 1. The van der Waals surface area contributed by atoms with E-state index in [-0.39, 0.29) is 31.2 Å². The lowest BCUT2D eigenvalue weighted by Crippen LogP contribution is -2.31. The highest BCUT2D eigenvalue weighted by Crippen LogP contribution is 2.17. The molecule has 1 aromatic heterocycles. The van der Waals surface area contributed by atoms with E-state index in [1.807, 2.05) is 32.0 Å². The highest BCUT2D eigenvalue weighted by molar-refractivity contribution is 6.04. The summed E-state index contributed by atoms with van der Waals surface area (Å²) in [4.78, 5) is 37.6. The van der Waals surface area contributed by atoms with Crippen LogP contribution in [-0.4, -0.2) is 28.8 Å². The molecule has 136 valence electrons. The number of benzene rings is 1. The molecule has 26 heavy (non-hydrogen) atoms. The van der Waals surface area contributed by atoms with E-state index >= 15 is 0 Å². The Labute approximate surface area is 151 Å². The number of nitrogens with one attached hydrogen (secondary N) is 2. The van der Waals surface area contributed by atoms with Gasteiger partial charge in [0.15, 0.2) is 0 Å². The van der Waals surface area contributed by atoms with Crippen LogP contribution in [0.2, 0.25) is 0 Å². The number of carbonyl (C=O) groups is 3. The van der Waals surface area contributed by atoms with Crippen molar-refractivity contribution in [3.05, 3.63) is 53.5 Å². The van der Waals surface area contributed by atoms with E-state index in [9.17, 15) is 14.4 Å². The molecule has 1 aromatic carbocycles. The normalized spacial score (nSPS) is 16.7. The summed E-state index contributed by atoms with van der Waals surface area (Å²) in [7, 11) is 0. The van der Waals surface area contributed by atoms with Crippen LogP contribution in [0.4, 0.5) is 10.5 Å². The molecule has 3 rings (SSSR count). The largest absolute Gasteiger partial charge is 0.467 e. The number of hydrogen-bond donors (Lipinski definition) is 2. The Morgan fingerprint density at radius 3 is 2.62 bits per heavy atom. The number of carbonyl (C=O) groups excluding carboxylic acids is 3. The molecular formula is C19H21N3O4. The molecule has 0 saturated carbocycles. The quantitative estimate of drug-likeness (QED) is 0.780. The summed E-state index contributed by atoms with van der Waals surface area (Å²) in [5.41, 5.74) is 2.85. The SMILES string of the molecule is Cc1cc(C)cc(NC(=O)CCC2NC(=O)N(Cc3ccco3)C2=O)c1. The van der Waals surface area contributed by atoms with Crippen molar-refractivity contribution in [3.8, 4) is 0 Å². The van der Waals surface area contributed by atoms with Gasteiger partial charge < -0.3 is 15.1 Å². The van der Waals surface area contributed by atoms with E-state index in [1.165, 1.54) is 6.26 Å². The van der Waals surface area contributed by atoms with Gasteiger partial charge in [0.05, 0.1) is 12.8 Å². The molecule has 1 aliphatic heterocycles. The third-order valence-electron chi connectivity index (χ3n) is 4.17. The molecule has 7 heteroatoms. The second-order valence-corrected chi connectivity index (χ2v) is 6.47. The highest BCUT2D eigenvalue weighted by atomic mass is 16.3. The van der Waals surface area contributed by atoms with Crippen molar-refractivity contribution in [2.45, 2.75) is 39.3 Å². The minimum absolute atomic E-state index is 0.0862. The molecule has 0 aliphatic carbocycles. The molecule has 1 aliphatic rings. The third kappa shape index (κ3) is 4.11. The second kappa shape index (κ2) is 7.43. The van der Waals surface area contributed by atoms with Gasteiger partial charge in [-0.25, -0.2) is 4.79 Å². The Balaban J connectivity index is 1.53. The fraction of sp³-hybridized carbons (Fsp3) is 0.316. The van der Waals surface area contributed by atoms with Gasteiger partial charge in [-0.3, -0.25) is 14.5 Å². The van der Waals surface area contributed by atoms with Crippen molar-refractivity contribution >= 4 is 23.5 Å². The molecule has 1 saturated heterocycles. The average molecular weight is 355 g/mol. The van der Waals surface area contributed by atoms with Crippen LogP contribution in [0, 0.1) is 13.8 Å². The molecule has 1 fully saturated rings. The fourth-order valence-corrected chi connectivity index (χ4v) is 3.03. The fourth-order valence-electron chi connectivity index (χ4n) is 3.03. The van der Waals surface area contributed by atoms with Gasteiger partial charge >= 0.3 is 6.03 Å². The Morgan fingerprint density at radius 1 is 1.23 bits per heavy atom. The zero-order valence-electron chi connectivity index (χ0n) is 14.7. The Bertz CT molecular complexity index is 809. The molecule has 2 heterocycles. The zero-order chi connectivity index (χ0) is 18.7. The summed E-state index contributed by atoms with van der Waals surface area (Å²) < 4.78 is 5.17. The van der Waals surface area contributed by atoms with Crippen LogP contribution in [0.15, 0.2) is 41.0 Å². The summed E-state index contributed by atoms with van der Waals surface area (Å²) in [6, 6.07) is 8.04. The zero-order valence-corrected chi connectivity index (χ0v) is 14.7. The van der Waals surface area contributed by atoms with Gasteiger partial charge in [-0.05, 0) is 55.7 Å². The number of nitrogens with zero attached hydrogens (tertiary/aromatic N) is 1.